The van der Waals surface area contributed by atoms with Crippen LogP contribution in [0.1, 0.15) is 24.2 Å². The second kappa shape index (κ2) is 5.12. The Balaban J connectivity index is 2.59. The summed E-state index contributed by atoms with van der Waals surface area (Å²) in [6.07, 6.45) is 1.99. The molecular weight excluding hydrogens is 230 g/mol. The third-order valence-electron chi connectivity index (χ3n) is 2.92. The first kappa shape index (κ1) is 12.5. The minimum atomic E-state index is -0.318. The summed E-state index contributed by atoms with van der Waals surface area (Å²) in [6, 6.07) is 5.56. The van der Waals surface area contributed by atoms with Crippen molar-refractivity contribution in [2.75, 3.05) is 13.7 Å². The Kier molecular flexibility index (Phi) is 3.55. The average Bonchev–Trinajstić information content (AvgIpc) is 2.80. The predicted octanol–water partition coefficient (Wildman–Crippen LogP) is 2.85. The second-order valence-corrected chi connectivity index (χ2v) is 3.93. The topological polar surface area (TPSA) is 40.5 Å². The van der Waals surface area contributed by atoms with Gasteiger partial charge < -0.3 is 14.0 Å². The summed E-state index contributed by atoms with van der Waals surface area (Å²) >= 11 is 0. The van der Waals surface area contributed by atoms with Crippen LogP contribution in [0.15, 0.2) is 24.4 Å². The summed E-state index contributed by atoms with van der Waals surface area (Å²) in [5.74, 6) is 0.379. The van der Waals surface area contributed by atoms with Gasteiger partial charge in [-0.2, -0.15) is 0 Å². The highest BCUT2D eigenvalue weighted by Gasteiger charge is 2.13. The number of aromatic nitrogens is 1. The molecular formula is C14H17NO3. The number of hydrogen-bond donors (Lipinski definition) is 0. The van der Waals surface area contributed by atoms with Crippen molar-refractivity contribution in [2.45, 2.75) is 20.4 Å². The van der Waals surface area contributed by atoms with Crippen molar-refractivity contribution in [3.05, 3.63) is 30.0 Å². The van der Waals surface area contributed by atoms with E-state index >= 15 is 0 Å². The molecule has 0 saturated heterocycles. The molecule has 1 aromatic carbocycles. The fourth-order valence-corrected chi connectivity index (χ4v) is 2.04. The van der Waals surface area contributed by atoms with E-state index in [4.69, 9.17) is 9.47 Å². The van der Waals surface area contributed by atoms with Crippen LogP contribution in [0.4, 0.5) is 0 Å². The van der Waals surface area contributed by atoms with Crippen molar-refractivity contribution in [1.82, 2.24) is 4.57 Å². The molecule has 0 saturated carbocycles. The van der Waals surface area contributed by atoms with E-state index in [2.05, 4.69) is 11.5 Å². The number of methoxy groups -OCH3 is 1. The van der Waals surface area contributed by atoms with Crippen molar-refractivity contribution in [3.8, 4) is 5.75 Å². The molecule has 0 amide bonds. The molecule has 1 aromatic heterocycles. The van der Waals surface area contributed by atoms with Crippen LogP contribution in [-0.2, 0) is 11.3 Å². The summed E-state index contributed by atoms with van der Waals surface area (Å²) < 4.78 is 12.4. The monoisotopic (exact) mass is 247 g/mol. The van der Waals surface area contributed by atoms with Gasteiger partial charge in [-0.05, 0) is 32.0 Å². The van der Waals surface area contributed by atoms with Crippen LogP contribution in [0.2, 0.25) is 0 Å². The van der Waals surface area contributed by atoms with Gasteiger partial charge in [0.25, 0.3) is 0 Å². The lowest BCUT2D eigenvalue weighted by molar-refractivity contribution is 0.0526. The maximum absolute atomic E-state index is 11.8. The van der Waals surface area contributed by atoms with Crippen molar-refractivity contribution < 1.29 is 14.3 Å². The summed E-state index contributed by atoms with van der Waals surface area (Å²) in [5.41, 5.74) is 1.51. The van der Waals surface area contributed by atoms with E-state index in [1.54, 1.807) is 20.1 Å². The lowest BCUT2D eigenvalue weighted by Crippen LogP contribution is -2.05. The van der Waals surface area contributed by atoms with E-state index in [1.807, 2.05) is 18.3 Å². The third-order valence-corrected chi connectivity index (χ3v) is 2.92. The summed E-state index contributed by atoms with van der Waals surface area (Å²) in [4.78, 5) is 11.8. The van der Waals surface area contributed by atoms with E-state index < -0.39 is 0 Å². The second-order valence-electron chi connectivity index (χ2n) is 3.93. The van der Waals surface area contributed by atoms with Gasteiger partial charge in [0.2, 0.25) is 0 Å². The van der Waals surface area contributed by atoms with Crippen molar-refractivity contribution >= 4 is 16.9 Å². The molecule has 0 N–H and O–H groups in total. The summed E-state index contributed by atoms with van der Waals surface area (Å²) in [5, 5.41) is 1.01. The fraction of sp³-hybridized carbons (Fsp3) is 0.357. The Morgan fingerprint density at radius 2 is 2.11 bits per heavy atom. The number of ether oxygens (including phenoxy) is 2. The van der Waals surface area contributed by atoms with Gasteiger partial charge in [-0.15, -0.1) is 0 Å². The Morgan fingerprint density at radius 3 is 2.72 bits per heavy atom. The smallest absolute Gasteiger partial charge is 0.338 e. The zero-order chi connectivity index (χ0) is 13.1. The maximum Gasteiger partial charge on any atom is 0.338 e. The van der Waals surface area contributed by atoms with Gasteiger partial charge in [0.15, 0.2) is 0 Å². The number of fused-ring (bicyclic) bond motifs is 1. The molecule has 2 aromatic rings. The number of benzene rings is 1. The minimum Gasteiger partial charge on any atom is -0.496 e. The van der Waals surface area contributed by atoms with Gasteiger partial charge in [0, 0.05) is 18.1 Å². The van der Waals surface area contributed by atoms with Crippen LogP contribution in [0.5, 0.6) is 5.75 Å². The van der Waals surface area contributed by atoms with E-state index in [1.165, 1.54) is 0 Å². The Morgan fingerprint density at radius 1 is 1.33 bits per heavy atom. The van der Waals surface area contributed by atoms with Crippen LogP contribution in [0, 0.1) is 0 Å². The molecule has 1 heterocycles. The lowest BCUT2D eigenvalue weighted by Gasteiger charge is -2.08. The SMILES string of the molecule is CCOC(=O)c1cc(OC)c2ccn(CC)c2c1. The van der Waals surface area contributed by atoms with Gasteiger partial charge in [-0.1, -0.05) is 0 Å². The van der Waals surface area contributed by atoms with Crippen LogP contribution in [0.25, 0.3) is 10.9 Å². The van der Waals surface area contributed by atoms with Crippen molar-refractivity contribution in [2.24, 2.45) is 0 Å². The standard InChI is InChI=1S/C14H17NO3/c1-4-15-7-6-11-12(15)8-10(9-13(11)17-3)14(16)18-5-2/h6-9H,4-5H2,1-3H3. The molecule has 0 aliphatic heterocycles. The van der Waals surface area contributed by atoms with Crippen molar-refractivity contribution in [1.29, 1.82) is 0 Å². The predicted molar refractivity (Wildman–Crippen MR) is 70.1 cm³/mol. The summed E-state index contributed by atoms with van der Waals surface area (Å²) in [6.45, 7) is 5.07. The fourth-order valence-electron chi connectivity index (χ4n) is 2.04. The van der Waals surface area contributed by atoms with Crippen LogP contribution < -0.4 is 4.74 Å². The van der Waals surface area contributed by atoms with Gasteiger partial charge in [-0.3, -0.25) is 0 Å². The molecule has 0 unspecified atom stereocenters. The lowest BCUT2D eigenvalue weighted by atomic mass is 10.1. The number of hydrogen-bond acceptors (Lipinski definition) is 3. The first-order valence-corrected chi connectivity index (χ1v) is 6.05. The minimum absolute atomic E-state index is 0.318. The van der Waals surface area contributed by atoms with Crippen LogP contribution in [-0.4, -0.2) is 24.3 Å². The Labute approximate surface area is 106 Å². The quantitative estimate of drug-likeness (QED) is 0.780. The molecule has 4 nitrogen and oxygen atoms in total. The van der Waals surface area contributed by atoms with E-state index in [9.17, 15) is 4.79 Å². The van der Waals surface area contributed by atoms with Gasteiger partial charge in [0.05, 0.1) is 24.8 Å². The maximum atomic E-state index is 11.8. The molecule has 0 aliphatic carbocycles. The number of esters is 1. The van der Waals surface area contributed by atoms with E-state index in [0.717, 1.165) is 17.4 Å². The Bertz CT molecular complexity index is 572. The highest BCUT2D eigenvalue weighted by Crippen LogP contribution is 2.28. The van der Waals surface area contributed by atoms with Crippen LogP contribution in [0.3, 0.4) is 0 Å². The highest BCUT2D eigenvalue weighted by molar-refractivity contribution is 5.97. The van der Waals surface area contributed by atoms with Gasteiger partial charge in [-0.25, -0.2) is 4.79 Å². The molecule has 0 bridgehead atoms. The Hall–Kier alpha value is -1.97. The van der Waals surface area contributed by atoms with Crippen LogP contribution >= 0.6 is 0 Å². The number of nitrogens with zero attached hydrogens (tertiary/aromatic N) is 1. The van der Waals surface area contributed by atoms with Gasteiger partial charge in [0.1, 0.15) is 5.75 Å². The number of aryl methyl sites for hydroxylation is 1. The number of rotatable bonds is 4. The molecule has 18 heavy (non-hydrogen) atoms. The number of carbonyl (C=O) groups is 1. The molecule has 4 heteroatoms. The third kappa shape index (κ3) is 2.06. The van der Waals surface area contributed by atoms with Crippen molar-refractivity contribution in [3.63, 3.8) is 0 Å². The molecule has 0 spiro atoms. The normalized spacial score (nSPS) is 10.6. The zero-order valence-corrected chi connectivity index (χ0v) is 10.9. The zero-order valence-electron chi connectivity index (χ0n) is 10.9. The molecule has 0 aliphatic rings. The summed E-state index contributed by atoms with van der Waals surface area (Å²) in [7, 11) is 1.60. The van der Waals surface area contributed by atoms with Gasteiger partial charge >= 0.3 is 5.97 Å². The first-order chi connectivity index (χ1) is 8.71. The van der Waals surface area contributed by atoms with E-state index in [0.29, 0.717) is 17.9 Å². The van der Waals surface area contributed by atoms with E-state index in [-0.39, 0.29) is 5.97 Å². The molecule has 0 atom stereocenters. The highest BCUT2D eigenvalue weighted by atomic mass is 16.5. The average molecular weight is 247 g/mol. The molecule has 0 radical (unpaired) electrons. The molecule has 96 valence electrons. The first-order valence-electron chi connectivity index (χ1n) is 6.05. The largest absolute Gasteiger partial charge is 0.496 e. The molecule has 2 rings (SSSR count). The molecule has 0 fully saturated rings. The number of carbonyl (C=O) groups excluding carboxylic acids is 1.